The van der Waals surface area contributed by atoms with Gasteiger partial charge in [0.1, 0.15) is 12.4 Å². The molecule has 8 nitrogen and oxygen atoms in total. The van der Waals surface area contributed by atoms with Crippen molar-refractivity contribution in [3.05, 3.63) is 81.9 Å². The van der Waals surface area contributed by atoms with Gasteiger partial charge in [-0.3, -0.25) is 14.9 Å². The molecule has 0 bridgehead atoms. The number of aliphatic hydroxyl groups is 1. The van der Waals surface area contributed by atoms with Crippen LogP contribution >= 0.6 is 0 Å². The van der Waals surface area contributed by atoms with Gasteiger partial charge in [0.15, 0.2) is 0 Å². The van der Waals surface area contributed by atoms with Crippen LogP contribution in [0.3, 0.4) is 0 Å². The van der Waals surface area contributed by atoms with Crippen molar-refractivity contribution in [2.24, 2.45) is 0 Å². The van der Waals surface area contributed by atoms with Crippen LogP contribution < -0.4 is 9.64 Å². The Bertz CT molecular complexity index is 1140. The fourth-order valence-electron chi connectivity index (χ4n) is 4.76. The minimum absolute atomic E-state index is 0.00367. The van der Waals surface area contributed by atoms with E-state index in [9.17, 15) is 20.0 Å². The molecule has 2 atom stereocenters. The first kappa shape index (κ1) is 22.5. The number of esters is 1. The predicted octanol–water partition coefficient (Wildman–Crippen LogP) is 3.98. The van der Waals surface area contributed by atoms with E-state index in [0.29, 0.717) is 24.3 Å². The summed E-state index contributed by atoms with van der Waals surface area (Å²) in [5, 5.41) is 21.1. The molecule has 33 heavy (non-hydrogen) atoms. The third-order valence-electron chi connectivity index (χ3n) is 6.34. The first-order valence-electron chi connectivity index (χ1n) is 10.8. The van der Waals surface area contributed by atoms with Crippen LogP contribution in [0.1, 0.15) is 31.4 Å². The Morgan fingerprint density at radius 1 is 1.27 bits per heavy atom. The average Bonchev–Trinajstić information content (AvgIpc) is 2.98. The first-order valence-corrected chi connectivity index (χ1v) is 10.8. The SMILES string of the molecule is CC(=O)OC/C=C/CC1(C)c2ccccc2N(CCO)C12C=Cc1cc([N+](=O)[O-])ccc1O2. The van der Waals surface area contributed by atoms with Gasteiger partial charge >= 0.3 is 5.97 Å². The molecule has 0 aliphatic carbocycles. The summed E-state index contributed by atoms with van der Waals surface area (Å²) < 4.78 is 11.7. The van der Waals surface area contributed by atoms with Gasteiger partial charge in [0.2, 0.25) is 5.72 Å². The van der Waals surface area contributed by atoms with E-state index in [-0.39, 0.29) is 24.9 Å². The van der Waals surface area contributed by atoms with E-state index in [0.717, 1.165) is 11.3 Å². The van der Waals surface area contributed by atoms with E-state index in [2.05, 4.69) is 13.0 Å². The molecule has 4 rings (SSSR count). The van der Waals surface area contributed by atoms with Crippen molar-refractivity contribution in [1.29, 1.82) is 0 Å². The summed E-state index contributed by atoms with van der Waals surface area (Å²) in [7, 11) is 0. The number of anilines is 1. The lowest BCUT2D eigenvalue weighted by atomic mass is 9.72. The highest BCUT2D eigenvalue weighted by atomic mass is 16.6. The van der Waals surface area contributed by atoms with Crippen LogP contribution in [0.25, 0.3) is 6.08 Å². The third kappa shape index (κ3) is 3.76. The molecule has 2 aliphatic heterocycles. The number of nitrogens with zero attached hydrogens (tertiary/aromatic N) is 2. The topological polar surface area (TPSA) is 102 Å². The molecule has 8 heteroatoms. The smallest absolute Gasteiger partial charge is 0.302 e. The maximum Gasteiger partial charge on any atom is 0.302 e. The maximum atomic E-state index is 11.2. The Morgan fingerprint density at radius 3 is 2.79 bits per heavy atom. The number of allylic oxidation sites excluding steroid dienone is 1. The zero-order chi connectivity index (χ0) is 23.6. The number of non-ortho nitro benzene ring substituents is 1. The number of hydrogen-bond donors (Lipinski definition) is 1. The standard InChI is InChI=1S/C25H26N2O6/c1-18(29)32-16-6-5-12-24(2)21-7-3-4-8-22(21)26(14-15-28)25(24)13-11-19-17-20(27(30)31)9-10-23(19)33-25/h3-11,13,17,28H,12,14-16H2,1-2H3/b6-5+. The summed E-state index contributed by atoms with van der Waals surface area (Å²) in [6.07, 6.45) is 8.12. The first-order chi connectivity index (χ1) is 15.8. The van der Waals surface area contributed by atoms with E-state index in [1.165, 1.54) is 19.1 Å². The lowest BCUT2D eigenvalue weighted by Gasteiger charge is -2.48. The number of carbonyl (C=O) groups excluding carboxylic acids is 1. The lowest BCUT2D eigenvalue weighted by molar-refractivity contribution is -0.384. The Kier molecular flexibility index (Phi) is 5.95. The predicted molar refractivity (Wildman–Crippen MR) is 124 cm³/mol. The van der Waals surface area contributed by atoms with Crippen LogP contribution in [0.5, 0.6) is 5.75 Å². The van der Waals surface area contributed by atoms with E-state index in [1.54, 1.807) is 6.07 Å². The van der Waals surface area contributed by atoms with Crippen molar-refractivity contribution in [1.82, 2.24) is 0 Å². The Hall–Kier alpha value is -3.65. The van der Waals surface area contributed by atoms with Crippen LogP contribution in [0.15, 0.2) is 60.7 Å². The lowest BCUT2D eigenvalue weighted by Crippen LogP contribution is -2.61. The minimum atomic E-state index is -0.964. The summed E-state index contributed by atoms with van der Waals surface area (Å²) in [6.45, 7) is 3.92. The molecule has 0 fully saturated rings. The molecule has 0 radical (unpaired) electrons. The summed E-state index contributed by atoms with van der Waals surface area (Å²) in [5.41, 5.74) is 1.11. The molecule has 172 valence electrons. The fraction of sp³-hybridized carbons (Fsp3) is 0.320. The van der Waals surface area contributed by atoms with Crippen molar-refractivity contribution in [3.63, 3.8) is 0 Å². The van der Waals surface area contributed by atoms with Crippen LogP contribution in [0, 0.1) is 10.1 Å². The molecule has 2 unspecified atom stereocenters. The summed E-state index contributed by atoms with van der Waals surface area (Å²) in [6, 6.07) is 12.5. The number of fused-ring (bicyclic) bond motifs is 2. The summed E-state index contributed by atoms with van der Waals surface area (Å²) >= 11 is 0. The van der Waals surface area contributed by atoms with Gasteiger partial charge in [-0.2, -0.15) is 0 Å². The van der Waals surface area contributed by atoms with Crippen LogP contribution in [-0.4, -0.2) is 41.5 Å². The summed E-state index contributed by atoms with van der Waals surface area (Å²) in [5.74, 6) is 0.195. The van der Waals surface area contributed by atoms with Gasteiger partial charge < -0.3 is 19.5 Å². The van der Waals surface area contributed by atoms with Crippen molar-refractivity contribution < 1.29 is 24.3 Å². The third-order valence-corrected chi connectivity index (χ3v) is 6.34. The number of carbonyl (C=O) groups is 1. The second-order valence-electron chi connectivity index (χ2n) is 8.31. The fourth-order valence-corrected chi connectivity index (χ4v) is 4.76. The molecule has 0 amide bonds. The molecule has 0 saturated carbocycles. The number of nitro benzene ring substituents is 1. The number of ether oxygens (including phenoxy) is 2. The van der Waals surface area contributed by atoms with Crippen molar-refractivity contribution in [3.8, 4) is 5.75 Å². The largest absolute Gasteiger partial charge is 0.463 e. The summed E-state index contributed by atoms with van der Waals surface area (Å²) in [4.78, 5) is 23.9. The zero-order valence-corrected chi connectivity index (χ0v) is 18.6. The minimum Gasteiger partial charge on any atom is -0.463 e. The highest BCUT2D eigenvalue weighted by Crippen LogP contribution is 2.56. The van der Waals surface area contributed by atoms with E-state index in [4.69, 9.17) is 9.47 Å². The number of nitro groups is 1. The molecule has 2 aliphatic rings. The van der Waals surface area contributed by atoms with Gasteiger partial charge in [-0.25, -0.2) is 0 Å². The second kappa shape index (κ2) is 8.71. The molecular formula is C25H26N2O6. The number of benzene rings is 2. The van der Waals surface area contributed by atoms with E-state index in [1.807, 2.05) is 47.4 Å². The van der Waals surface area contributed by atoms with Gasteiger partial charge in [0.05, 0.1) is 16.9 Å². The molecule has 1 N–H and O–H groups in total. The van der Waals surface area contributed by atoms with Crippen LogP contribution in [0.4, 0.5) is 11.4 Å². The molecule has 2 aromatic carbocycles. The van der Waals surface area contributed by atoms with Gasteiger partial charge in [0, 0.05) is 36.9 Å². The van der Waals surface area contributed by atoms with Gasteiger partial charge in [-0.15, -0.1) is 0 Å². The van der Waals surface area contributed by atoms with Crippen molar-refractivity contribution >= 4 is 23.4 Å². The van der Waals surface area contributed by atoms with Gasteiger partial charge in [-0.05, 0) is 43.2 Å². The highest BCUT2D eigenvalue weighted by molar-refractivity contribution is 5.73. The van der Waals surface area contributed by atoms with Gasteiger partial charge in [0.25, 0.3) is 5.69 Å². The molecule has 1 spiro atoms. The molecular weight excluding hydrogens is 424 g/mol. The Morgan fingerprint density at radius 2 is 2.06 bits per heavy atom. The van der Waals surface area contributed by atoms with Crippen LogP contribution in [0.2, 0.25) is 0 Å². The molecule has 2 aromatic rings. The van der Waals surface area contributed by atoms with Crippen molar-refractivity contribution in [2.75, 3.05) is 24.7 Å². The van der Waals surface area contributed by atoms with Gasteiger partial charge in [-0.1, -0.05) is 30.4 Å². The number of aliphatic hydroxyl groups excluding tert-OH is 1. The normalized spacial score (nSPS) is 22.8. The second-order valence-corrected chi connectivity index (χ2v) is 8.31. The number of rotatable bonds is 7. The van der Waals surface area contributed by atoms with E-state index >= 15 is 0 Å². The zero-order valence-electron chi connectivity index (χ0n) is 18.6. The molecule has 0 saturated heterocycles. The Labute approximate surface area is 191 Å². The molecule has 2 heterocycles. The number of para-hydroxylation sites is 1. The van der Waals surface area contributed by atoms with Crippen LogP contribution in [-0.2, 0) is 14.9 Å². The Balaban J connectivity index is 1.78. The monoisotopic (exact) mass is 450 g/mol. The molecule has 0 aromatic heterocycles. The highest BCUT2D eigenvalue weighted by Gasteiger charge is 2.60. The maximum absolute atomic E-state index is 11.2. The van der Waals surface area contributed by atoms with Crippen molar-refractivity contribution in [2.45, 2.75) is 31.4 Å². The quantitative estimate of drug-likeness (QED) is 0.295. The average molecular weight is 450 g/mol. The number of β-amino-alcohol motifs (C(OH)–C–C–N with tert-alkyl or cyclic N) is 1. The number of hydrogen-bond acceptors (Lipinski definition) is 7. The van der Waals surface area contributed by atoms with E-state index < -0.39 is 16.1 Å².